The van der Waals surface area contributed by atoms with E-state index in [1.165, 1.54) is 29.5 Å². The Morgan fingerprint density at radius 3 is 2.36 bits per heavy atom. The molecular weight excluding hydrogens is 448 g/mol. The first-order chi connectivity index (χ1) is 17.5. The lowest BCUT2D eigenvalue weighted by Gasteiger charge is -2.14. The number of likely N-dealkylation sites (tertiary alicyclic amines) is 1. The highest BCUT2D eigenvalue weighted by molar-refractivity contribution is 5.94. The molecule has 2 N–H and O–H groups in total. The van der Waals surface area contributed by atoms with Gasteiger partial charge in [-0.3, -0.25) is 4.79 Å². The van der Waals surface area contributed by atoms with Gasteiger partial charge in [-0.05, 0) is 111 Å². The number of benzene rings is 3. The highest BCUT2D eigenvalue weighted by Gasteiger charge is 2.13. The van der Waals surface area contributed by atoms with Gasteiger partial charge in [-0.2, -0.15) is 0 Å². The smallest absolute Gasteiger partial charge is 0.251 e. The van der Waals surface area contributed by atoms with Crippen molar-refractivity contribution in [1.29, 1.82) is 0 Å². The zero-order chi connectivity index (χ0) is 25.1. The number of nitrogens with zero attached hydrogens (tertiary/aromatic N) is 4. The van der Waals surface area contributed by atoms with Gasteiger partial charge in [0.15, 0.2) is 0 Å². The van der Waals surface area contributed by atoms with E-state index < -0.39 is 0 Å². The van der Waals surface area contributed by atoms with Crippen LogP contribution in [0.1, 0.15) is 39.9 Å². The molecule has 1 aromatic heterocycles. The van der Waals surface area contributed by atoms with E-state index in [1.54, 1.807) is 0 Å². The molecule has 7 heteroatoms. The molecule has 1 aliphatic heterocycles. The number of anilines is 2. The summed E-state index contributed by atoms with van der Waals surface area (Å²) in [5, 5.41) is 15.0. The van der Waals surface area contributed by atoms with Crippen LogP contribution in [0.4, 0.5) is 11.6 Å². The summed E-state index contributed by atoms with van der Waals surface area (Å²) >= 11 is 0. The fraction of sp³-hybridized carbons (Fsp3) is 0.310. The van der Waals surface area contributed by atoms with Crippen LogP contribution < -0.4 is 10.6 Å². The minimum absolute atomic E-state index is 0.0558. The molecule has 0 atom stereocenters. The lowest BCUT2D eigenvalue weighted by atomic mass is 9.94. The summed E-state index contributed by atoms with van der Waals surface area (Å²) in [7, 11) is 0. The average molecular weight is 481 g/mol. The SMILES string of the molecule is Cc1cccc(C)c1-c1cc(C)c2nc(Nc3ccc(C(=O)NCCN4CCCC4)cc3)nnc2c1. The third-order valence-electron chi connectivity index (χ3n) is 6.84. The van der Waals surface area contributed by atoms with E-state index >= 15 is 0 Å². The Hall–Kier alpha value is -3.84. The fourth-order valence-electron chi connectivity index (χ4n) is 4.95. The minimum atomic E-state index is -0.0558. The summed E-state index contributed by atoms with van der Waals surface area (Å²) in [4.78, 5) is 19.6. The summed E-state index contributed by atoms with van der Waals surface area (Å²) < 4.78 is 0. The average Bonchev–Trinajstić information content (AvgIpc) is 3.38. The number of aromatic nitrogens is 3. The van der Waals surface area contributed by atoms with Crippen LogP contribution in [-0.2, 0) is 0 Å². The van der Waals surface area contributed by atoms with Crippen LogP contribution in [-0.4, -0.2) is 52.2 Å². The standard InChI is InChI=1S/C29H32N6O/c1-19-7-6-8-20(2)26(19)23-17-21(3)27-25(18-23)33-34-29(32-27)31-24-11-9-22(10-12-24)28(36)30-13-16-35-14-4-5-15-35/h6-12,17-18H,4-5,13-16H2,1-3H3,(H,30,36)(H,31,32,34). The van der Waals surface area contributed by atoms with Gasteiger partial charge in [0.2, 0.25) is 5.95 Å². The predicted molar refractivity (Wildman–Crippen MR) is 145 cm³/mol. The minimum Gasteiger partial charge on any atom is -0.351 e. The van der Waals surface area contributed by atoms with E-state index in [4.69, 9.17) is 4.98 Å². The summed E-state index contributed by atoms with van der Waals surface area (Å²) in [5.74, 6) is 0.368. The van der Waals surface area contributed by atoms with Gasteiger partial charge in [-0.15, -0.1) is 10.2 Å². The van der Waals surface area contributed by atoms with Crippen molar-refractivity contribution >= 4 is 28.6 Å². The number of nitrogens with one attached hydrogen (secondary N) is 2. The third-order valence-corrected chi connectivity index (χ3v) is 6.84. The first-order valence-electron chi connectivity index (χ1n) is 12.6. The zero-order valence-electron chi connectivity index (χ0n) is 21.1. The summed E-state index contributed by atoms with van der Waals surface area (Å²) in [6.07, 6.45) is 2.51. The highest BCUT2D eigenvalue weighted by Crippen LogP contribution is 2.31. The largest absolute Gasteiger partial charge is 0.351 e. The van der Waals surface area contributed by atoms with Gasteiger partial charge in [0.1, 0.15) is 5.52 Å². The molecule has 1 saturated heterocycles. The van der Waals surface area contributed by atoms with Crippen molar-refractivity contribution < 1.29 is 4.79 Å². The Labute approximate surface area is 212 Å². The second-order valence-electron chi connectivity index (χ2n) is 9.57. The van der Waals surface area contributed by atoms with Gasteiger partial charge >= 0.3 is 0 Å². The second-order valence-corrected chi connectivity index (χ2v) is 9.57. The van der Waals surface area contributed by atoms with Crippen LogP contribution in [0.25, 0.3) is 22.2 Å². The fourth-order valence-corrected chi connectivity index (χ4v) is 4.95. The van der Waals surface area contributed by atoms with Crippen molar-refractivity contribution in [2.45, 2.75) is 33.6 Å². The molecule has 0 unspecified atom stereocenters. The second kappa shape index (κ2) is 10.4. The molecule has 0 radical (unpaired) electrons. The van der Waals surface area contributed by atoms with E-state index in [2.05, 4.69) is 76.8 Å². The number of hydrogen-bond acceptors (Lipinski definition) is 6. The summed E-state index contributed by atoms with van der Waals surface area (Å²) in [6.45, 7) is 10.1. The van der Waals surface area contributed by atoms with E-state index in [-0.39, 0.29) is 5.91 Å². The van der Waals surface area contributed by atoms with Crippen LogP contribution >= 0.6 is 0 Å². The molecule has 0 bridgehead atoms. The maximum Gasteiger partial charge on any atom is 0.251 e. The van der Waals surface area contributed by atoms with E-state index in [9.17, 15) is 4.79 Å². The Bertz CT molecular complexity index is 1370. The Morgan fingerprint density at radius 1 is 0.917 bits per heavy atom. The van der Waals surface area contributed by atoms with Gasteiger partial charge in [0.25, 0.3) is 5.91 Å². The van der Waals surface area contributed by atoms with Crippen LogP contribution in [0.3, 0.4) is 0 Å². The Morgan fingerprint density at radius 2 is 1.64 bits per heavy atom. The van der Waals surface area contributed by atoms with E-state index in [0.29, 0.717) is 18.1 Å². The number of rotatable bonds is 7. The molecule has 4 aromatic rings. The Balaban J connectivity index is 1.27. The van der Waals surface area contributed by atoms with E-state index in [1.807, 2.05) is 24.3 Å². The van der Waals surface area contributed by atoms with E-state index in [0.717, 1.165) is 47.5 Å². The van der Waals surface area contributed by atoms with Gasteiger partial charge < -0.3 is 15.5 Å². The number of carbonyl (C=O) groups excluding carboxylic acids is 1. The predicted octanol–water partition coefficient (Wildman–Crippen LogP) is 5.19. The van der Waals surface area contributed by atoms with Crippen LogP contribution in [0.5, 0.6) is 0 Å². The molecule has 184 valence electrons. The summed E-state index contributed by atoms with van der Waals surface area (Å²) in [5.41, 5.74) is 8.88. The first kappa shape index (κ1) is 23.9. The van der Waals surface area contributed by atoms with Gasteiger partial charge in [0, 0.05) is 24.3 Å². The lowest BCUT2D eigenvalue weighted by Crippen LogP contribution is -2.33. The molecule has 0 spiro atoms. The molecule has 5 rings (SSSR count). The zero-order valence-corrected chi connectivity index (χ0v) is 21.1. The quantitative estimate of drug-likeness (QED) is 0.379. The Kier molecular flexibility index (Phi) is 6.91. The first-order valence-corrected chi connectivity index (χ1v) is 12.6. The van der Waals surface area contributed by atoms with Crippen molar-refractivity contribution in [2.24, 2.45) is 0 Å². The molecular formula is C29H32N6O. The third kappa shape index (κ3) is 5.21. The molecule has 1 aliphatic rings. The number of carbonyl (C=O) groups is 1. The monoisotopic (exact) mass is 480 g/mol. The van der Waals surface area contributed by atoms with Crippen molar-refractivity contribution in [3.8, 4) is 11.1 Å². The van der Waals surface area contributed by atoms with Crippen molar-refractivity contribution in [1.82, 2.24) is 25.4 Å². The van der Waals surface area contributed by atoms with Gasteiger partial charge in [0.05, 0.1) is 5.52 Å². The molecule has 7 nitrogen and oxygen atoms in total. The highest BCUT2D eigenvalue weighted by atomic mass is 16.1. The van der Waals surface area contributed by atoms with Gasteiger partial charge in [-0.25, -0.2) is 4.98 Å². The number of aryl methyl sites for hydroxylation is 3. The lowest BCUT2D eigenvalue weighted by molar-refractivity contribution is 0.0950. The molecule has 1 amide bonds. The number of fused-ring (bicyclic) bond motifs is 1. The molecule has 1 fully saturated rings. The maximum atomic E-state index is 12.5. The topological polar surface area (TPSA) is 83.0 Å². The number of hydrogen-bond donors (Lipinski definition) is 2. The van der Waals surface area contributed by atoms with Crippen molar-refractivity contribution in [2.75, 3.05) is 31.5 Å². The summed E-state index contributed by atoms with van der Waals surface area (Å²) in [6, 6.07) is 17.9. The maximum absolute atomic E-state index is 12.5. The van der Waals surface area contributed by atoms with Gasteiger partial charge in [-0.1, -0.05) is 18.2 Å². The number of amides is 1. The van der Waals surface area contributed by atoms with Crippen molar-refractivity contribution in [3.05, 3.63) is 76.9 Å². The van der Waals surface area contributed by atoms with Crippen LogP contribution in [0, 0.1) is 20.8 Å². The molecule has 36 heavy (non-hydrogen) atoms. The van der Waals surface area contributed by atoms with Crippen molar-refractivity contribution in [3.63, 3.8) is 0 Å². The molecule has 2 heterocycles. The molecule has 0 aliphatic carbocycles. The molecule has 3 aromatic carbocycles. The van der Waals surface area contributed by atoms with Crippen LogP contribution in [0.15, 0.2) is 54.6 Å². The van der Waals surface area contributed by atoms with Crippen LogP contribution in [0.2, 0.25) is 0 Å². The normalized spacial score (nSPS) is 13.8. The molecule has 0 saturated carbocycles.